The zero-order valence-corrected chi connectivity index (χ0v) is 38.8. The van der Waals surface area contributed by atoms with Crippen LogP contribution in [0.15, 0.2) is 267 Å². The molecule has 0 saturated carbocycles. The van der Waals surface area contributed by atoms with Gasteiger partial charge in [-0.15, -0.1) is 0 Å². The molecule has 0 fully saturated rings. The van der Waals surface area contributed by atoms with Gasteiger partial charge in [-0.2, -0.15) is 0 Å². The largest absolute Gasteiger partial charge is 0.310 e. The lowest BCUT2D eigenvalue weighted by Gasteiger charge is -2.29. The van der Waals surface area contributed by atoms with E-state index in [4.69, 9.17) is 0 Å². The second-order valence-corrected chi connectivity index (χ2v) is 18.6. The monoisotopic (exact) mass is 882 g/mol. The second kappa shape index (κ2) is 17.5. The van der Waals surface area contributed by atoms with Crippen molar-refractivity contribution in [3.8, 4) is 55.6 Å². The molecule has 0 unspecified atom stereocenters. The minimum absolute atomic E-state index is 0.268. The quantitative estimate of drug-likeness (QED) is 0.135. The van der Waals surface area contributed by atoms with Gasteiger partial charge in [-0.1, -0.05) is 208 Å². The van der Waals surface area contributed by atoms with E-state index in [-0.39, 0.29) is 5.41 Å². The Kier molecular flexibility index (Phi) is 10.6. The molecule has 0 atom stereocenters. The van der Waals surface area contributed by atoms with Crippen LogP contribution < -0.4 is 9.80 Å². The van der Waals surface area contributed by atoms with E-state index in [1.165, 1.54) is 77.5 Å². The van der Waals surface area contributed by atoms with Crippen molar-refractivity contribution < 1.29 is 0 Å². The van der Waals surface area contributed by atoms with Crippen LogP contribution in [0, 0.1) is 0 Å². The Bertz CT molecular complexity index is 3570. The molecule has 2 heteroatoms. The zero-order chi connectivity index (χ0) is 46.3. The number of hydrogen-bond donors (Lipinski definition) is 0. The lowest BCUT2D eigenvalue weighted by atomic mass is 9.82. The highest BCUT2D eigenvalue weighted by Gasteiger charge is 2.37. The molecule has 328 valence electrons. The van der Waals surface area contributed by atoms with Gasteiger partial charge in [0.15, 0.2) is 0 Å². The van der Waals surface area contributed by atoms with Crippen molar-refractivity contribution in [2.45, 2.75) is 19.3 Å². The molecular weight excluding hydrogens is 833 g/mol. The Morgan fingerprint density at radius 3 is 1.04 bits per heavy atom. The SMILES string of the molecule is CC1(C)c2cc(N(c3ccccc3)c3ccc(-c4ccc(-c5ccccc5)cc4)cc3)ccc2-c2ccc(N(c3ccc(-c4ccccc4)cc3)c3ccc(-c4cccc5ccccc45)cc3)cc21. The van der Waals surface area contributed by atoms with Gasteiger partial charge < -0.3 is 9.80 Å². The summed E-state index contributed by atoms with van der Waals surface area (Å²) in [6.07, 6.45) is 0. The third kappa shape index (κ3) is 7.76. The van der Waals surface area contributed by atoms with Gasteiger partial charge in [0.05, 0.1) is 0 Å². The van der Waals surface area contributed by atoms with Crippen molar-refractivity contribution >= 4 is 44.9 Å². The molecular formula is C67H50N2. The highest BCUT2D eigenvalue weighted by atomic mass is 15.1. The van der Waals surface area contributed by atoms with Crippen LogP contribution in [0.2, 0.25) is 0 Å². The van der Waals surface area contributed by atoms with Crippen LogP contribution in [0.3, 0.4) is 0 Å². The van der Waals surface area contributed by atoms with E-state index in [2.05, 4.69) is 291 Å². The van der Waals surface area contributed by atoms with E-state index in [0.717, 1.165) is 34.1 Å². The van der Waals surface area contributed by atoms with E-state index in [1.54, 1.807) is 0 Å². The first-order valence-electron chi connectivity index (χ1n) is 23.9. The fraction of sp³-hybridized carbons (Fsp3) is 0.0448. The summed E-state index contributed by atoms with van der Waals surface area (Å²) in [5.41, 5.74) is 21.3. The summed E-state index contributed by atoms with van der Waals surface area (Å²) in [7, 11) is 0. The van der Waals surface area contributed by atoms with Crippen molar-refractivity contribution in [1.29, 1.82) is 0 Å². The van der Waals surface area contributed by atoms with E-state index >= 15 is 0 Å². The van der Waals surface area contributed by atoms with Gasteiger partial charge in [0.1, 0.15) is 0 Å². The lowest BCUT2D eigenvalue weighted by Crippen LogP contribution is -2.17. The van der Waals surface area contributed by atoms with Crippen molar-refractivity contribution in [2.24, 2.45) is 0 Å². The molecule has 1 aliphatic rings. The first-order chi connectivity index (χ1) is 34.0. The third-order valence-corrected chi connectivity index (χ3v) is 14.1. The smallest absolute Gasteiger partial charge is 0.0465 e. The molecule has 1 aliphatic carbocycles. The minimum Gasteiger partial charge on any atom is -0.310 e. The molecule has 0 heterocycles. The van der Waals surface area contributed by atoms with Gasteiger partial charge in [-0.25, -0.2) is 0 Å². The summed E-state index contributed by atoms with van der Waals surface area (Å²) in [6, 6.07) is 97.2. The lowest BCUT2D eigenvalue weighted by molar-refractivity contribution is 0.660. The fourth-order valence-electron chi connectivity index (χ4n) is 10.5. The Morgan fingerprint density at radius 2 is 0.580 bits per heavy atom. The Labute approximate surface area is 405 Å². The van der Waals surface area contributed by atoms with E-state index in [9.17, 15) is 0 Å². The van der Waals surface area contributed by atoms with E-state index in [1.807, 2.05) is 0 Å². The molecule has 69 heavy (non-hydrogen) atoms. The maximum absolute atomic E-state index is 2.43. The predicted molar refractivity (Wildman–Crippen MR) is 293 cm³/mol. The summed E-state index contributed by atoms with van der Waals surface area (Å²) < 4.78 is 0. The number of hydrogen-bond acceptors (Lipinski definition) is 2. The van der Waals surface area contributed by atoms with Crippen molar-refractivity contribution in [1.82, 2.24) is 0 Å². The fourth-order valence-corrected chi connectivity index (χ4v) is 10.5. The van der Waals surface area contributed by atoms with Crippen LogP contribution >= 0.6 is 0 Å². The topological polar surface area (TPSA) is 6.48 Å². The van der Waals surface area contributed by atoms with Crippen LogP contribution in [0.25, 0.3) is 66.4 Å². The molecule has 0 aromatic heterocycles. The summed E-state index contributed by atoms with van der Waals surface area (Å²) >= 11 is 0. The molecule has 0 saturated heterocycles. The highest BCUT2D eigenvalue weighted by Crippen LogP contribution is 2.53. The molecule has 0 bridgehead atoms. The van der Waals surface area contributed by atoms with Gasteiger partial charge >= 0.3 is 0 Å². The van der Waals surface area contributed by atoms with Gasteiger partial charge in [0, 0.05) is 39.5 Å². The molecule has 12 rings (SSSR count). The van der Waals surface area contributed by atoms with Crippen molar-refractivity contribution in [3.63, 3.8) is 0 Å². The maximum Gasteiger partial charge on any atom is 0.0465 e. The van der Waals surface area contributed by atoms with E-state index in [0.29, 0.717) is 0 Å². The predicted octanol–water partition coefficient (Wildman–Crippen LogP) is 18.8. The zero-order valence-electron chi connectivity index (χ0n) is 38.8. The highest BCUT2D eigenvalue weighted by molar-refractivity contribution is 5.97. The number of rotatable bonds is 10. The Morgan fingerprint density at radius 1 is 0.246 bits per heavy atom. The molecule has 0 N–H and O–H groups in total. The van der Waals surface area contributed by atoms with Gasteiger partial charge in [-0.05, 0) is 150 Å². The normalized spacial score (nSPS) is 12.3. The van der Waals surface area contributed by atoms with Gasteiger partial charge in [0.2, 0.25) is 0 Å². The van der Waals surface area contributed by atoms with E-state index < -0.39 is 0 Å². The first kappa shape index (κ1) is 41.7. The molecule has 0 spiro atoms. The molecule has 0 amide bonds. The van der Waals surface area contributed by atoms with Crippen molar-refractivity contribution in [2.75, 3.05) is 9.80 Å². The summed E-state index contributed by atoms with van der Waals surface area (Å²) in [5, 5.41) is 2.51. The number of fused-ring (bicyclic) bond motifs is 4. The standard InChI is InChI=1S/C67H50N2/c1-67(2)65-45-59(68(55-21-10-5-11-22-55)56-37-31-52(32-38-56)50-27-25-49(26-28-50)47-15-6-3-7-16-47)41-43-63(65)64-44-42-60(46-66(64)67)69(57-35-29-51(30-36-57)48-17-8-4-9-18-48)58-39-33-54(34-40-58)62-24-14-20-53-19-12-13-23-61(53)62/h3-46H,1-2H3. The average Bonchev–Trinajstić information content (AvgIpc) is 3.64. The number of para-hydroxylation sites is 1. The van der Waals surface area contributed by atoms with Crippen LogP contribution in [0.4, 0.5) is 34.1 Å². The number of benzene rings is 11. The maximum atomic E-state index is 2.43. The Balaban J connectivity index is 0.896. The summed E-state index contributed by atoms with van der Waals surface area (Å²) in [4.78, 5) is 4.79. The first-order valence-corrected chi connectivity index (χ1v) is 23.9. The van der Waals surface area contributed by atoms with Crippen LogP contribution in [-0.4, -0.2) is 0 Å². The van der Waals surface area contributed by atoms with Crippen molar-refractivity contribution in [3.05, 3.63) is 278 Å². The molecule has 11 aromatic carbocycles. The van der Waals surface area contributed by atoms with Crippen LogP contribution in [0.5, 0.6) is 0 Å². The number of anilines is 6. The average molecular weight is 883 g/mol. The second-order valence-electron chi connectivity index (χ2n) is 18.6. The molecule has 11 aromatic rings. The molecule has 0 aliphatic heterocycles. The number of nitrogens with zero attached hydrogens (tertiary/aromatic N) is 2. The summed E-state index contributed by atoms with van der Waals surface area (Å²) in [6.45, 7) is 4.77. The Hall–Kier alpha value is -8.72. The van der Waals surface area contributed by atoms with Gasteiger partial charge in [-0.3, -0.25) is 0 Å². The van der Waals surface area contributed by atoms with Crippen LogP contribution in [0.1, 0.15) is 25.0 Å². The molecule has 2 nitrogen and oxygen atoms in total. The summed E-state index contributed by atoms with van der Waals surface area (Å²) in [5.74, 6) is 0. The van der Waals surface area contributed by atoms with Crippen LogP contribution in [-0.2, 0) is 5.41 Å². The third-order valence-electron chi connectivity index (χ3n) is 14.1. The minimum atomic E-state index is -0.268. The molecule has 0 radical (unpaired) electrons. The van der Waals surface area contributed by atoms with Gasteiger partial charge in [0.25, 0.3) is 0 Å².